The molecule has 0 aliphatic heterocycles. The Morgan fingerprint density at radius 3 is 1.15 bits per heavy atom. The Kier molecular flexibility index (Phi) is 5.48. The summed E-state index contributed by atoms with van der Waals surface area (Å²) >= 11 is 0. The van der Waals surface area contributed by atoms with Crippen molar-refractivity contribution in [3.05, 3.63) is 63.2 Å². The van der Waals surface area contributed by atoms with E-state index in [-0.39, 0.29) is 9.79 Å². The number of rotatable bonds is 2. The lowest BCUT2D eigenvalue weighted by Gasteiger charge is -2.12. The largest absolute Gasteiger partial charge is 0.504 e. The highest BCUT2D eigenvalue weighted by Crippen LogP contribution is 2.29. The molecule has 0 N–H and O–H groups in total. The summed E-state index contributed by atoms with van der Waals surface area (Å²) < 4.78 is 51.4. The van der Waals surface area contributed by atoms with Crippen molar-refractivity contribution in [2.24, 2.45) is 0 Å². The Balaban J connectivity index is 2.84. The minimum absolute atomic E-state index is 0.160. The van der Waals surface area contributed by atoms with E-state index in [4.69, 9.17) is 0 Å². The highest BCUT2D eigenvalue weighted by Gasteiger charge is 2.46. The molecule has 2 rings (SSSR count). The minimum Gasteiger partial charge on any atom is -0.359 e. The van der Waals surface area contributed by atoms with E-state index in [9.17, 15) is 22.4 Å². The third-order valence-electron chi connectivity index (χ3n) is 4.29. The van der Waals surface area contributed by atoms with Crippen LogP contribution in [0.2, 0.25) is 0 Å². The van der Waals surface area contributed by atoms with Crippen molar-refractivity contribution in [1.82, 2.24) is 0 Å². The summed E-state index contributed by atoms with van der Waals surface area (Å²) in [5.74, 6) is 0. The van der Waals surface area contributed by atoms with Crippen LogP contribution in [0, 0.1) is 41.5 Å². The van der Waals surface area contributed by atoms with Crippen LogP contribution in [0.5, 0.6) is 0 Å². The minimum atomic E-state index is -4.57. The fourth-order valence-electron chi connectivity index (χ4n) is 3.61. The van der Waals surface area contributed by atoms with Gasteiger partial charge >= 0.3 is 4.38 Å². The third-order valence-corrected chi connectivity index (χ3v) is 9.05. The lowest BCUT2D eigenvalue weighted by atomic mass is 10.1. The van der Waals surface area contributed by atoms with Crippen LogP contribution in [-0.2, 0) is 19.7 Å². The molecular formula is C19H22N2O4S2. The average molecular weight is 407 g/mol. The highest BCUT2D eigenvalue weighted by molar-refractivity contribution is 8.31. The molecule has 0 atom stereocenters. The fraction of sp³-hybridized carbons (Fsp3) is 0.316. The molecule has 0 saturated carbocycles. The van der Waals surface area contributed by atoms with E-state index in [0.29, 0.717) is 22.3 Å². The van der Waals surface area contributed by atoms with Gasteiger partial charge in [0.15, 0.2) is 0 Å². The van der Waals surface area contributed by atoms with Crippen molar-refractivity contribution in [1.29, 1.82) is 0 Å². The zero-order chi connectivity index (χ0) is 20.7. The van der Waals surface area contributed by atoms with Gasteiger partial charge in [0.2, 0.25) is 0 Å². The fourth-order valence-corrected chi connectivity index (χ4v) is 7.76. The molecule has 2 aromatic carbocycles. The van der Waals surface area contributed by atoms with Crippen LogP contribution in [0.3, 0.4) is 0 Å². The molecule has 2 aromatic rings. The molecule has 0 aromatic heterocycles. The van der Waals surface area contributed by atoms with Gasteiger partial charge in [-0.2, -0.15) is 0 Å². The van der Waals surface area contributed by atoms with Crippen LogP contribution in [0.25, 0.3) is 5.53 Å². The van der Waals surface area contributed by atoms with Gasteiger partial charge in [0, 0.05) is 0 Å². The zero-order valence-corrected chi connectivity index (χ0v) is 17.8. The summed E-state index contributed by atoms with van der Waals surface area (Å²) in [5, 5.41) is 0. The van der Waals surface area contributed by atoms with Gasteiger partial charge in [-0.25, -0.2) is 16.8 Å². The normalized spacial score (nSPS) is 11.9. The summed E-state index contributed by atoms with van der Waals surface area (Å²) in [5.41, 5.74) is 12.7. The Bertz CT molecular complexity index is 1070. The Morgan fingerprint density at radius 1 is 0.667 bits per heavy atom. The van der Waals surface area contributed by atoms with E-state index >= 15 is 0 Å². The summed E-state index contributed by atoms with van der Waals surface area (Å²) in [4.78, 5) is 2.41. The van der Waals surface area contributed by atoms with Gasteiger partial charge in [-0.3, -0.25) is 0 Å². The summed E-state index contributed by atoms with van der Waals surface area (Å²) in [7, 11) is -9.13. The molecule has 144 valence electrons. The molecule has 6 nitrogen and oxygen atoms in total. The van der Waals surface area contributed by atoms with Gasteiger partial charge in [-0.1, -0.05) is 35.4 Å². The van der Waals surface area contributed by atoms with Gasteiger partial charge in [0.05, 0.1) is 9.79 Å². The Labute approximate surface area is 160 Å². The second kappa shape index (κ2) is 7.03. The molecule has 8 heteroatoms. The number of sulfone groups is 2. The number of hydrogen-bond acceptors (Lipinski definition) is 4. The first-order valence-electron chi connectivity index (χ1n) is 8.22. The van der Waals surface area contributed by atoms with Crippen molar-refractivity contribution in [2.45, 2.75) is 51.3 Å². The lowest BCUT2D eigenvalue weighted by Crippen LogP contribution is -2.28. The first kappa shape index (κ1) is 21.0. The Morgan fingerprint density at radius 2 is 0.926 bits per heavy atom. The van der Waals surface area contributed by atoms with E-state index in [2.05, 4.69) is 4.79 Å². The zero-order valence-electron chi connectivity index (χ0n) is 16.2. The second-order valence-electron chi connectivity index (χ2n) is 6.83. The number of nitrogens with zero attached hydrogens (tertiary/aromatic N) is 2. The molecule has 0 unspecified atom stereocenters. The van der Waals surface area contributed by atoms with Gasteiger partial charge < -0.3 is 5.53 Å². The Hall–Kier alpha value is -2.28. The van der Waals surface area contributed by atoms with Gasteiger partial charge in [0.1, 0.15) is 0 Å². The van der Waals surface area contributed by atoms with Crippen molar-refractivity contribution >= 4 is 24.1 Å². The monoisotopic (exact) mass is 406 g/mol. The molecule has 0 spiro atoms. The quantitative estimate of drug-likeness (QED) is 0.330. The predicted octanol–water partition coefficient (Wildman–Crippen LogP) is 3.37. The molecular weight excluding hydrogens is 384 g/mol. The second-order valence-corrected chi connectivity index (χ2v) is 10.7. The lowest BCUT2D eigenvalue weighted by molar-refractivity contribution is 0.00378. The van der Waals surface area contributed by atoms with Crippen LogP contribution < -0.4 is 0 Å². The molecule has 0 aliphatic rings. The molecule has 0 fully saturated rings. The van der Waals surface area contributed by atoms with Crippen LogP contribution in [-0.4, -0.2) is 26.0 Å². The van der Waals surface area contributed by atoms with Crippen molar-refractivity contribution in [3.8, 4) is 0 Å². The molecule has 0 radical (unpaired) electrons. The standard InChI is InChI=1S/C19H22N2O4S2/c1-11-7-13(3)17(14(4)8-11)26(22,23)19(21-20)27(24,25)18-15(5)9-12(2)10-16(18)6/h7-10H,1-6H3. The number of aryl methyl sites for hydroxylation is 6. The van der Waals surface area contributed by atoms with Crippen molar-refractivity contribution in [3.63, 3.8) is 0 Å². The van der Waals surface area contributed by atoms with E-state index in [1.807, 2.05) is 13.8 Å². The number of hydrogen-bond donors (Lipinski definition) is 0. The van der Waals surface area contributed by atoms with Crippen LogP contribution in [0.4, 0.5) is 0 Å². The van der Waals surface area contributed by atoms with E-state index in [0.717, 1.165) is 11.1 Å². The van der Waals surface area contributed by atoms with Gasteiger partial charge in [-0.05, 0) is 63.8 Å². The van der Waals surface area contributed by atoms with Crippen molar-refractivity contribution in [2.75, 3.05) is 0 Å². The maximum absolute atomic E-state index is 13.2. The van der Waals surface area contributed by atoms with Gasteiger partial charge in [0.25, 0.3) is 19.7 Å². The topological polar surface area (TPSA) is 105 Å². The summed E-state index contributed by atoms with van der Waals surface area (Å²) in [6.45, 7) is 9.95. The average Bonchev–Trinajstić information content (AvgIpc) is 2.43. The first-order valence-corrected chi connectivity index (χ1v) is 11.2. The molecule has 0 amide bonds. The van der Waals surface area contributed by atoms with Crippen LogP contribution in [0.1, 0.15) is 33.4 Å². The third kappa shape index (κ3) is 3.60. The molecule has 27 heavy (non-hydrogen) atoms. The maximum Gasteiger partial charge on any atom is 0.504 e. The van der Waals surface area contributed by atoms with E-state index in [1.165, 1.54) is 0 Å². The first-order chi connectivity index (χ1) is 12.3. The summed E-state index contributed by atoms with van der Waals surface area (Å²) in [6, 6.07) is 6.57. The summed E-state index contributed by atoms with van der Waals surface area (Å²) in [6.07, 6.45) is 0. The van der Waals surface area contributed by atoms with Crippen LogP contribution in [0.15, 0.2) is 34.1 Å². The molecule has 0 bridgehead atoms. The maximum atomic E-state index is 13.2. The predicted molar refractivity (Wildman–Crippen MR) is 104 cm³/mol. The molecule has 0 heterocycles. The van der Waals surface area contributed by atoms with Gasteiger partial charge in [-0.15, -0.1) is 4.79 Å². The van der Waals surface area contributed by atoms with E-state index < -0.39 is 24.1 Å². The van der Waals surface area contributed by atoms with Crippen LogP contribution >= 0.6 is 0 Å². The SMILES string of the molecule is Cc1cc(C)c(S(=O)(=O)C(=[N+]=[N-])S(=O)(=O)c2c(C)cc(C)cc2C)c(C)c1. The molecule has 0 saturated heterocycles. The smallest absolute Gasteiger partial charge is 0.359 e. The van der Waals surface area contributed by atoms with E-state index in [1.54, 1.807) is 52.0 Å². The molecule has 0 aliphatic carbocycles. The highest BCUT2D eigenvalue weighted by atomic mass is 32.3. The van der Waals surface area contributed by atoms with Crippen molar-refractivity contribution < 1.29 is 21.6 Å². The number of benzene rings is 2.